The second-order valence-electron chi connectivity index (χ2n) is 26.6. The van der Waals surface area contributed by atoms with Crippen LogP contribution in [0.15, 0.2) is 11.6 Å². The average molecular weight is 897 g/mol. The van der Waals surface area contributed by atoms with Crippen molar-refractivity contribution in [1.82, 2.24) is 9.97 Å². The van der Waals surface area contributed by atoms with Crippen LogP contribution in [0.2, 0.25) is 0 Å². The van der Waals surface area contributed by atoms with Gasteiger partial charge in [0.05, 0.1) is 58.9 Å². The SMILES string of the molecule is C[C@@H]1[C@H]2[C@H](C[C@H]3[C@H]4CC[C@@H]5Cc6nc7c(nc6C[C@]5(C)[C@H]4CC(=O)[C@]23C)C[C@H]2C[C@H](O)[C@@H]3C4=C[C@@H]5O[C@@]6(CC[C@](C)(O)CO6)[C@H](C)[C@@]5(O)[C@]4(C)[C@H](O)C[C@H]3[C@@]2(C)C7)O[C@@]12CCC(C)(C)O2. The topological polar surface area (TPSA) is 161 Å². The van der Waals surface area contributed by atoms with Gasteiger partial charge in [-0.2, -0.15) is 0 Å². The molecule has 0 radical (unpaired) electrons. The van der Waals surface area contributed by atoms with E-state index in [1.807, 2.05) is 19.9 Å². The number of fused-ring (bicyclic) bond motifs is 16. The molecule has 4 N–H and O–H groups in total. The van der Waals surface area contributed by atoms with Gasteiger partial charge in [-0.05, 0) is 138 Å². The maximum atomic E-state index is 14.9. The molecule has 8 aliphatic carbocycles. The highest BCUT2D eigenvalue weighted by Crippen LogP contribution is 2.73. The number of hydrogen-bond donors (Lipinski definition) is 4. The number of Topliss-reactive ketones (excluding diaryl/α,β-unsaturated/α-hetero) is 1. The Morgan fingerprint density at radius 1 is 0.723 bits per heavy atom. The first-order chi connectivity index (χ1) is 30.4. The van der Waals surface area contributed by atoms with E-state index in [4.69, 9.17) is 28.9 Å². The van der Waals surface area contributed by atoms with Gasteiger partial charge in [0.1, 0.15) is 17.5 Å². The summed E-state index contributed by atoms with van der Waals surface area (Å²) in [5.74, 6) is 0.346. The van der Waals surface area contributed by atoms with Crippen LogP contribution in [0.3, 0.4) is 0 Å². The van der Waals surface area contributed by atoms with E-state index in [-0.39, 0.29) is 64.1 Å². The summed E-state index contributed by atoms with van der Waals surface area (Å²) in [6.07, 6.45) is 11.1. The van der Waals surface area contributed by atoms with Gasteiger partial charge >= 0.3 is 0 Å². The Labute approximate surface area is 385 Å². The molecule has 1 aromatic heterocycles. The van der Waals surface area contributed by atoms with Crippen molar-refractivity contribution >= 4 is 5.78 Å². The lowest BCUT2D eigenvalue weighted by atomic mass is 9.43. The molecule has 356 valence electrons. The highest BCUT2D eigenvalue weighted by Gasteiger charge is 2.78. The molecule has 0 amide bonds. The Kier molecular flexibility index (Phi) is 8.59. The molecule has 22 atom stereocenters. The molecule has 0 bridgehead atoms. The fourth-order valence-corrected chi connectivity index (χ4v) is 19.6. The van der Waals surface area contributed by atoms with E-state index in [1.165, 1.54) is 0 Å². The smallest absolute Gasteiger partial charge is 0.174 e. The van der Waals surface area contributed by atoms with Gasteiger partial charge in [0.2, 0.25) is 0 Å². The Morgan fingerprint density at radius 2 is 1.40 bits per heavy atom. The zero-order chi connectivity index (χ0) is 45.6. The van der Waals surface area contributed by atoms with Crippen LogP contribution in [-0.4, -0.2) is 95.6 Å². The van der Waals surface area contributed by atoms with Crippen LogP contribution in [-0.2, 0) is 49.4 Å². The number of aliphatic hydroxyl groups is 4. The number of hydrogen-bond acceptors (Lipinski definition) is 11. The molecule has 9 fully saturated rings. The summed E-state index contributed by atoms with van der Waals surface area (Å²) in [6.45, 7) is 19.7. The summed E-state index contributed by atoms with van der Waals surface area (Å²) in [6, 6.07) is 0. The molecule has 13 rings (SSSR count). The molecule has 4 saturated heterocycles. The molecule has 12 aliphatic rings. The highest BCUT2D eigenvalue weighted by atomic mass is 16.7. The quantitative estimate of drug-likeness (QED) is 0.208. The first kappa shape index (κ1) is 43.2. The largest absolute Gasteiger partial charge is 0.392 e. The van der Waals surface area contributed by atoms with Crippen LogP contribution in [0.1, 0.15) is 149 Å². The molecule has 5 heterocycles. The molecule has 2 spiro atoms. The lowest BCUT2D eigenvalue weighted by molar-refractivity contribution is -0.289. The van der Waals surface area contributed by atoms with Crippen molar-refractivity contribution in [3.05, 3.63) is 34.4 Å². The average Bonchev–Trinajstić information content (AvgIpc) is 3.94. The van der Waals surface area contributed by atoms with Gasteiger partial charge in [-0.15, -0.1) is 0 Å². The fourth-order valence-electron chi connectivity index (χ4n) is 19.6. The van der Waals surface area contributed by atoms with Gasteiger partial charge in [-0.25, -0.2) is 0 Å². The maximum absolute atomic E-state index is 14.9. The molecule has 5 saturated carbocycles. The van der Waals surface area contributed by atoms with E-state index in [2.05, 4.69) is 41.5 Å². The third-order valence-corrected chi connectivity index (χ3v) is 23.4. The molecule has 11 heteroatoms. The Hall–Kier alpha value is -1.83. The summed E-state index contributed by atoms with van der Waals surface area (Å²) in [4.78, 5) is 26.0. The van der Waals surface area contributed by atoms with Gasteiger partial charge in [0.25, 0.3) is 0 Å². The number of ketones is 1. The monoisotopic (exact) mass is 897 g/mol. The first-order valence-corrected chi connectivity index (χ1v) is 26.1. The van der Waals surface area contributed by atoms with Crippen molar-refractivity contribution in [3.63, 3.8) is 0 Å². The first-order valence-electron chi connectivity index (χ1n) is 26.1. The summed E-state index contributed by atoms with van der Waals surface area (Å²) in [7, 11) is 0. The van der Waals surface area contributed by atoms with Gasteiger partial charge in [0, 0.05) is 53.8 Å². The van der Waals surface area contributed by atoms with Crippen molar-refractivity contribution in [2.24, 2.45) is 80.8 Å². The summed E-state index contributed by atoms with van der Waals surface area (Å²) < 4.78 is 26.7. The molecule has 0 aromatic carbocycles. The third-order valence-electron chi connectivity index (χ3n) is 23.4. The highest BCUT2D eigenvalue weighted by molar-refractivity contribution is 5.87. The fraction of sp³-hybridized carbons (Fsp3) is 0.870. The molecule has 65 heavy (non-hydrogen) atoms. The number of nitrogens with zero attached hydrogens (tertiary/aromatic N) is 2. The van der Waals surface area contributed by atoms with Crippen LogP contribution in [0.4, 0.5) is 0 Å². The molecular weight excluding hydrogens is 821 g/mol. The molecule has 11 nitrogen and oxygen atoms in total. The van der Waals surface area contributed by atoms with Gasteiger partial charge in [-0.3, -0.25) is 14.8 Å². The van der Waals surface area contributed by atoms with Gasteiger partial charge < -0.3 is 39.4 Å². The molecule has 0 unspecified atom stereocenters. The van der Waals surface area contributed by atoms with E-state index < -0.39 is 52.4 Å². The third kappa shape index (κ3) is 5.14. The second-order valence-corrected chi connectivity index (χ2v) is 26.6. The van der Waals surface area contributed by atoms with E-state index in [0.29, 0.717) is 61.6 Å². The van der Waals surface area contributed by atoms with Gasteiger partial charge in [-0.1, -0.05) is 53.2 Å². The van der Waals surface area contributed by atoms with Crippen molar-refractivity contribution in [2.45, 2.75) is 205 Å². The number of carbonyl (C=O) groups excluding carboxylic acids is 1. The number of ether oxygens (including phenoxy) is 4. The van der Waals surface area contributed by atoms with E-state index in [0.717, 1.165) is 86.1 Å². The summed E-state index contributed by atoms with van der Waals surface area (Å²) in [5.41, 5.74) is 1.13. The normalized spacial score (nSPS) is 58.7. The Morgan fingerprint density at radius 3 is 2.06 bits per heavy atom. The molecule has 4 aliphatic heterocycles. The maximum Gasteiger partial charge on any atom is 0.174 e. The predicted molar refractivity (Wildman–Crippen MR) is 239 cm³/mol. The predicted octanol–water partition coefficient (Wildman–Crippen LogP) is 6.61. The van der Waals surface area contributed by atoms with Crippen molar-refractivity contribution in [3.8, 4) is 0 Å². The number of rotatable bonds is 0. The Balaban J connectivity index is 0.768. The van der Waals surface area contributed by atoms with Crippen LogP contribution >= 0.6 is 0 Å². The lowest BCUT2D eigenvalue weighted by Crippen LogP contribution is -2.66. The lowest BCUT2D eigenvalue weighted by Gasteiger charge is -2.62. The minimum Gasteiger partial charge on any atom is -0.392 e. The summed E-state index contributed by atoms with van der Waals surface area (Å²) in [5, 5.41) is 48.4. The van der Waals surface area contributed by atoms with Gasteiger partial charge in [0.15, 0.2) is 11.6 Å². The van der Waals surface area contributed by atoms with E-state index in [1.54, 1.807) is 6.92 Å². The second kappa shape index (κ2) is 12.9. The number of aromatic nitrogens is 2. The summed E-state index contributed by atoms with van der Waals surface area (Å²) >= 11 is 0. The standard InChI is InChI=1S/C54H76N2O9/c1-26-45-40(63-52(26)14-12-46(3,4)65-52)19-32-30-11-10-28-16-35-37(23-48(28,6)31(30)20-41(58)50(32,45)8)56-36-17-29-18-39(57)44-33(49(29,7)24-38(36)55-35)21-42(59)51(9)34(44)22-43-54(51,61)27(2)53(64-43)15-13-47(5,60)25-62-53/h22,26-33,39-40,42-45,57,59-61H,10-21,23-25H2,1-9H3/t26-,27+,28-,29+,30+,31+,32+,33-,39+,40+,42-,43+,44+,45+,47+,48+,49+,50-,51+,52-,53+,54+/m1/s1. The van der Waals surface area contributed by atoms with Crippen molar-refractivity contribution < 1.29 is 44.2 Å². The van der Waals surface area contributed by atoms with Crippen LogP contribution in [0.25, 0.3) is 0 Å². The van der Waals surface area contributed by atoms with E-state index >= 15 is 0 Å². The zero-order valence-electron chi connectivity index (χ0n) is 40.5. The minimum atomic E-state index is -1.43. The molecule has 1 aromatic rings. The van der Waals surface area contributed by atoms with Crippen molar-refractivity contribution in [2.75, 3.05) is 6.61 Å². The van der Waals surface area contributed by atoms with E-state index in [9.17, 15) is 25.2 Å². The minimum absolute atomic E-state index is 0.0102. The van der Waals surface area contributed by atoms with Crippen LogP contribution in [0, 0.1) is 80.8 Å². The zero-order valence-corrected chi connectivity index (χ0v) is 40.5. The van der Waals surface area contributed by atoms with Crippen LogP contribution < -0.4 is 0 Å². The number of carbonyl (C=O) groups is 1. The number of aliphatic hydroxyl groups excluding tert-OH is 2. The molecular formula is C54H76N2O9. The van der Waals surface area contributed by atoms with Crippen LogP contribution in [0.5, 0.6) is 0 Å². The van der Waals surface area contributed by atoms with Crippen molar-refractivity contribution in [1.29, 1.82) is 0 Å². The Bertz CT molecular complexity index is 2290.